The van der Waals surface area contributed by atoms with Gasteiger partial charge in [-0.25, -0.2) is 4.90 Å². The van der Waals surface area contributed by atoms with Gasteiger partial charge in [0.1, 0.15) is 6.54 Å². The molecule has 2 aliphatic rings. The van der Waals surface area contributed by atoms with Crippen LogP contribution in [0.15, 0.2) is 52.8 Å². The fraction of sp³-hybridized carbons (Fsp3) is 0.211. The molecule has 148 valence electrons. The van der Waals surface area contributed by atoms with Gasteiger partial charge in [0.15, 0.2) is 12.1 Å². The van der Waals surface area contributed by atoms with Crippen LogP contribution in [-0.4, -0.2) is 41.4 Å². The second-order valence-corrected chi connectivity index (χ2v) is 7.56. The number of halogens is 2. The van der Waals surface area contributed by atoms with Crippen molar-refractivity contribution in [2.45, 2.75) is 19.0 Å². The topological polar surface area (TPSA) is 94.4 Å². The van der Waals surface area contributed by atoms with Crippen LogP contribution in [-0.2, 0) is 14.4 Å². The van der Waals surface area contributed by atoms with Crippen molar-refractivity contribution in [3.8, 4) is 0 Å². The third kappa shape index (κ3) is 3.56. The zero-order chi connectivity index (χ0) is 20.7. The number of hydrogen-bond donors (Lipinski definition) is 1. The molecule has 0 saturated carbocycles. The number of aryl methyl sites for hydroxylation is 1. The van der Waals surface area contributed by atoms with Crippen molar-refractivity contribution in [1.82, 2.24) is 5.01 Å². The molecular formula is C19H15Cl2N5O3. The lowest BCUT2D eigenvalue weighted by Gasteiger charge is -2.20. The second-order valence-electron chi connectivity index (χ2n) is 6.71. The molecule has 0 bridgehead atoms. The quantitative estimate of drug-likeness (QED) is 0.751. The first-order chi connectivity index (χ1) is 13.8. The number of imide groups is 1. The highest BCUT2D eigenvalue weighted by atomic mass is 35.5. The second kappa shape index (κ2) is 7.46. The third-order valence-electron chi connectivity index (χ3n) is 4.65. The lowest BCUT2D eigenvalue weighted by Crippen LogP contribution is -2.43. The minimum atomic E-state index is -1.01. The van der Waals surface area contributed by atoms with Crippen LogP contribution in [0, 0.1) is 6.92 Å². The fourth-order valence-electron chi connectivity index (χ4n) is 3.24. The number of carbonyl (C=O) groups is 3. The molecule has 2 aromatic carbocycles. The summed E-state index contributed by atoms with van der Waals surface area (Å²) in [7, 11) is 0. The van der Waals surface area contributed by atoms with Crippen LogP contribution in [0.1, 0.15) is 5.56 Å². The van der Waals surface area contributed by atoms with Gasteiger partial charge in [-0.3, -0.25) is 19.4 Å². The smallest absolute Gasteiger partial charge is 0.263 e. The lowest BCUT2D eigenvalue weighted by atomic mass is 10.1. The average Bonchev–Trinajstić information content (AvgIpc) is 3.18. The first kappa shape index (κ1) is 19.4. The highest BCUT2D eigenvalue weighted by Crippen LogP contribution is 2.36. The van der Waals surface area contributed by atoms with Crippen LogP contribution in [0.25, 0.3) is 0 Å². The lowest BCUT2D eigenvalue weighted by molar-refractivity contribution is -0.123. The Morgan fingerprint density at radius 2 is 1.83 bits per heavy atom. The summed E-state index contributed by atoms with van der Waals surface area (Å²) in [5.74, 6) is -1.47. The Bertz CT molecular complexity index is 1040. The molecule has 2 atom stereocenters. The zero-order valence-electron chi connectivity index (χ0n) is 15.2. The molecule has 1 fully saturated rings. The molecule has 1 N–H and O–H groups in total. The predicted octanol–water partition coefficient (Wildman–Crippen LogP) is 3.23. The number of fused-ring (bicyclic) bond motifs is 1. The van der Waals surface area contributed by atoms with Crippen molar-refractivity contribution in [1.29, 1.82) is 0 Å². The standard InChI is InChI=1S/C19H15Cl2N5O3/c1-10-2-5-12(6-3-10)22-15(27)9-25-17-16(23-24-25)18(28)26(19(17)29)14-7-4-11(20)8-13(14)21/h2-8,16-17H,9H2,1H3,(H,22,27)/t16-,17+/m1/s1. The van der Waals surface area contributed by atoms with E-state index in [0.29, 0.717) is 10.7 Å². The Kier molecular flexibility index (Phi) is 4.97. The fourth-order valence-corrected chi connectivity index (χ4v) is 3.73. The first-order valence-electron chi connectivity index (χ1n) is 8.72. The van der Waals surface area contributed by atoms with Gasteiger partial charge in [-0.05, 0) is 37.3 Å². The summed E-state index contributed by atoms with van der Waals surface area (Å²) in [5.41, 5.74) is 1.91. The molecule has 0 spiro atoms. The molecule has 4 rings (SSSR count). The molecule has 0 unspecified atom stereocenters. The Balaban J connectivity index is 1.50. The SMILES string of the molecule is Cc1ccc(NC(=O)CN2N=N[C@H]3C(=O)N(c4ccc(Cl)cc4Cl)C(=O)[C@H]32)cc1. The number of rotatable bonds is 4. The minimum absolute atomic E-state index is 0.166. The average molecular weight is 432 g/mol. The monoisotopic (exact) mass is 431 g/mol. The van der Waals surface area contributed by atoms with Crippen LogP contribution in [0.4, 0.5) is 11.4 Å². The molecule has 0 radical (unpaired) electrons. The van der Waals surface area contributed by atoms with Gasteiger partial charge in [-0.2, -0.15) is 5.11 Å². The minimum Gasteiger partial charge on any atom is -0.324 e. The number of nitrogens with one attached hydrogen (secondary N) is 1. The Hall–Kier alpha value is -2.97. The predicted molar refractivity (Wildman–Crippen MR) is 108 cm³/mol. The van der Waals surface area contributed by atoms with E-state index < -0.39 is 23.9 Å². The molecule has 2 aromatic rings. The van der Waals surface area contributed by atoms with Crippen LogP contribution >= 0.6 is 23.2 Å². The van der Waals surface area contributed by atoms with E-state index in [9.17, 15) is 14.4 Å². The van der Waals surface area contributed by atoms with E-state index in [1.165, 1.54) is 23.2 Å². The van der Waals surface area contributed by atoms with E-state index in [1.54, 1.807) is 12.1 Å². The molecule has 29 heavy (non-hydrogen) atoms. The summed E-state index contributed by atoms with van der Waals surface area (Å²) >= 11 is 12.0. The van der Waals surface area contributed by atoms with E-state index in [0.717, 1.165) is 10.5 Å². The number of carbonyl (C=O) groups excluding carboxylic acids is 3. The highest BCUT2D eigenvalue weighted by molar-refractivity contribution is 6.38. The van der Waals surface area contributed by atoms with Crippen molar-refractivity contribution in [2.24, 2.45) is 10.3 Å². The summed E-state index contributed by atoms with van der Waals surface area (Å²) < 4.78 is 0. The van der Waals surface area contributed by atoms with Crippen molar-refractivity contribution in [2.75, 3.05) is 16.8 Å². The Labute approximate surface area is 176 Å². The largest absolute Gasteiger partial charge is 0.324 e. The number of anilines is 2. The summed E-state index contributed by atoms with van der Waals surface area (Å²) in [6.07, 6.45) is 0. The Morgan fingerprint density at radius 3 is 2.52 bits per heavy atom. The molecule has 2 heterocycles. The number of nitrogens with zero attached hydrogens (tertiary/aromatic N) is 4. The number of hydrogen-bond acceptors (Lipinski definition) is 6. The van der Waals surface area contributed by atoms with Gasteiger partial charge in [-0.1, -0.05) is 46.1 Å². The molecule has 10 heteroatoms. The van der Waals surface area contributed by atoms with Crippen LogP contribution in [0.3, 0.4) is 0 Å². The summed E-state index contributed by atoms with van der Waals surface area (Å²) in [4.78, 5) is 39.0. The van der Waals surface area contributed by atoms with E-state index in [1.807, 2.05) is 19.1 Å². The van der Waals surface area contributed by atoms with Gasteiger partial charge in [0.05, 0.1) is 10.7 Å². The molecule has 8 nitrogen and oxygen atoms in total. The number of benzene rings is 2. The maximum atomic E-state index is 12.9. The summed E-state index contributed by atoms with van der Waals surface area (Å²) in [6.45, 7) is 1.72. The molecule has 1 saturated heterocycles. The van der Waals surface area contributed by atoms with Crippen molar-refractivity contribution >= 4 is 52.3 Å². The van der Waals surface area contributed by atoms with Crippen molar-refractivity contribution in [3.05, 3.63) is 58.1 Å². The van der Waals surface area contributed by atoms with E-state index in [4.69, 9.17) is 23.2 Å². The normalized spacial score (nSPS) is 20.4. The van der Waals surface area contributed by atoms with E-state index in [2.05, 4.69) is 15.7 Å². The van der Waals surface area contributed by atoms with E-state index >= 15 is 0 Å². The van der Waals surface area contributed by atoms with Crippen LogP contribution < -0.4 is 10.2 Å². The molecule has 2 aliphatic heterocycles. The molecule has 0 aliphatic carbocycles. The maximum Gasteiger partial charge on any atom is 0.263 e. The highest BCUT2D eigenvalue weighted by Gasteiger charge is 2.55. The van der Waals surface area contributed by atoms with Gasteiger partial charge in [0.2, 0.25) is 5.91 Å². The van der Waals surface area contributed by atoms with Crippen molar-refractivity contribution < 1.29 is 14.4 Å². The summed E-state index contributed by atoms with van der Waals surface area (Å²) in [5, 5.41) is 12.3. The molecular weight excluding hydrogens is 417 g/mol. The first-order valence-corrected chi connectivity index (χ1v) is 9.47. The number of amides is 3. The van der Waals surface area contributed by atoms with Gasteiger partial charge in [-0.15, -0.1) is 0 Å². The van der Waals surface area contributed by atoms with Gasteiger partial charge in [0.25, 0.3) is 11.8 Å². The zero-order valence-corrected chi connectivity index (χ0v) is 16.7. The van der Waals surface area contributed by atoms with Crippen molar-refractivity contribution in [3.63, 3.8) is 0 Å². The molecule has 3 amide bonds. The Morgan fingerprint density at radius 1 is 1.10 bits per heavy atom. The summed E-state index contributed by atoms with van der Waals surface area (Å²) in [6, 6.07) is 9.76. The molecule has 0 aromatic heterocycles. The van der Waals surface area contributed by atoms with E-state index in [-0.39, 0.29) is 23.2 Å². The van der Waals surface area contributed by atoms with Gasteiger partial charge >= 0.3 is 0 Å². The van der Waals surface area contributed by atoms with Crippen LogP contribution in [0.5, 0.6) is 0 Å². The maximum absolute atomic E-state index is 12.9. The third-order valence-corrected chi connectivity index (χ3v) is 5.19. The van der Waals surface area contributed by atoms with Gasteiger partial charge < -0.3 is 5.32 Å². The van der Waals surface area contributed by atoms with Gasteiger partial charge in [0, 0.05) is 10.7 Å². The van der Waals surface area contributed by atoms with Crippen LogP contribution in [0.2, 0.25) is 10.0 Å².